The van der Waals surface area contributed by atoms with Crippen molar-refractivity contribution in [2.75, 3.05) is 41.7 Å². The van der Waals surface area contributed by atoms with Crippen molar-refractivity contribution < 1.29 is 0 Å². The topological polar surface area (TPSA) is 102 Å². The van der Waals surface area contributed by atoms with Crippen molar-refractivity contribution in [3.63, 3.8) is 0 Å². The van der Waals surface area contributed by atoms with Crippen LogP contribution in [0.4, 0.5) is 17.5 Å². The molecule has 36 heavy (non-hydrogen) atoms. The summed E-state index contributed by atoms with van der Waals surface area (Å²) in [7, 11) is 0. The molecule has 186 valence electrons. The van der Waals surface area contributed by atoms with Gasteiger partial charge in [-0.25, -0.2) is 15.0 Å². The fraction of sp³-hybridized carbons (Fsp3) is 0.346. The summed E-state index contributed by atoms with van der Waals surface area (Å²) < 4.78 is 2.08. The standard InChI is InChI=1S/C26H29ClN8S/c1-17-13-21-32-22(36-19-7-10-30-24(29)23(19)27)15-35(21)25(31-17)33-11-8-26(9-12-33)16-34(14-20(26)28)18-5-3-2-4-6-18/h2-7,10,13,15,20H,8-9,11-12,14,16,28H2,1H3,(H2,29,30). The second-order valence-corrected chi connectivity index (χ2v) is 11.2. The van der Waals surface area contributed by atoms with E-state index in [2.05, 4.69) is 49.5 Å². The summed E-state index contributed by atoms with van der Waals surface area (Å²) in [5, 5.41) is 1.29. The number of aromatic nitrogens is 4. The molecule has 2 fully saturated rings. The number of fused-ring (bicyclic) bond motifs is 1. The Balaban J connectivity index is 1.23. The number of rotatable bonds is 4. The van der Waals surface area contributed by atoms with Gasteiger partial charge < -0.3 is 21.3 Å². The first-order valence-electron chi connectivity index (χ1n) is 12.2. The molecule has 3 aromatic heterocycles. The van der Waals surface area contributed by atoms with E-state index in [4.69, 9.17) is 33.0 Å². The van der Waals surface area contributed by atoms with Gasteiger partial charge in [0, 0.05) is 72.4 Å². The molecule has 2 aliphatic rings. The number of aryl methyl sites for hydroxylation is 1. The normalized spacial score (nSPS) is 19.5. The molecule has 0 radical (unpaired) electrons. The molecule has 4 aromatic rings. The van der Waals surface area contributed by atoms with Crippen LogP contribution in [-0.4, -0.2) is 51.6 Å². The van der Waals surface area contributed by atoms with Crippen molar-refractivity contribution in [3.8, 4) is 0 Å². The van der Waals surface area contributed by atoms with Crippen LogP contribution in [0.2, 0.25) is 5.02 Å². The predicted molar refractivity (Wildman–Crippen MR) is 146 cm³/mol. The van der Waals surface area contributed by atoms with Gasteiger partial charge >= 0.3 is 0 Å². The Labute approximate surface area is 219 Å². The highest BCUT2D eigenvalue weighted by atomic mass is 35.5. The minimum atomic E-state index is 0.128. The zero-order valence-electron chi connectivity index (χ0n) is 20.1. The largest absolute Gasteiger partial charge is 0.382 e. The Bertz CT molecular complexity index is 1400. The first-order chi connectivity index (χ1) is 17.4. The van der Waals surface area contributed by atoms with Crippen molar-refractivity contribution in [2.24, 2.45) is 11.1 Å². The number of nitrogens with zero attached hydrogens (tertiary/aromatic N) is 6. The van der Waals surface area contributed by atoms with Crippen molar-refractivity contribution >= 4 is 46.5 Å². The average molecular weight is 521 g/mol. The number of nitrogens with two attached hydrogens (primary N) is 2. The van der Waals surface area contributed by atoms with Crippen molar-refractivity contribution in [3.05, 3.63) is 65.6 Å². The van der Waals surface area contributed by atoms with Gasteiger partial charge in [0.15, 0.2) is 0 Å². The first kappa shape index (κ1) is 23.4. The summed E-state index contributed by atoms with van der Waals surface area (Å²) in [6.45, 7) is 5.75. The van der Waals surface area contributed by atoms with Crippen molar-refractivity contribution in [1.29, 1.82) is 0 Å². The highest BCUT2D eigenvalue weighted by Crippen LogP contribution is 2.42. The van der Waals surface area contributed by atoms with E-state index in [1.165, 1.54) is 17.4 Å². The van der Waals surface area contributed by atoms with Crippen LogP contribution >= 0.6 is 23.4 Å². The van der Waals surface area contributed by atoms with Gasteiger partial charge in [0.2, 0.25) is 5.95 Å². The zero-order chi connectivity index (χ0) is 24.9. The highest BCUT2D eigenvalue weighted by molar-refractivity contribution is 7.99. The van der Waals surface area contributed by atoms with Gasteiger partial charge in [-0.2, -0.15) is 0 Å². The van der Waals surface area contributed by atoms with E-state index < -0.39 is 0 Å². The Morgan fingerprint density at radius 2 is 1.86 bits per heavy atom. The molecule has 10 heteroatoms. The molecular weight excluding hydrogens is 492 g/mol. The van der Waals surface area contributed by atoms with Crippen LogP contribution in [0.3, 0.4) is 0 Å². The molecule has 2 saturated heterocycles. The molecule has 1 spiro atoms. The molecule has 8 nitrogen and oxygen atoms in total. The number of imidazole rings is 1. The van der Waals surface area contributed by atoms with Gasteiger partial charge in [0.25, 0.3) is 0 Å². The summed E-state index contributed by atoms with van der Waals surface area (Å²) in [6.07, 6.45) is 5.76. The van der Waals surface area contributed by atoms with Crippen LogP contribution in [0.15, 0.2) is 64.8 Å². The Morgan fingerprint density at radius 1 is 1.08 bits per heavy atom. The minimum Gasteiger partial charge on any atom is -0.382 e. The van der Waals surface area contributed by atoms with E-state index in [9.17, 15) is 0 Å². The lowest BCUT2D eigenvalue weighted by Crippen LogP contribution is -2.49. The van der Waals surface area contributed by atoms with Gasteiger partial charge in [0.1, 0.15) is 16.5 Å². The van der Waals surface area contributed by atoms with Crippen molar-refractivity contribution in [2.45, 2.75) is 35.7 Å². The molecule has 0 amide bonds. The molecule has 1 aromatic carbocycles. The van der Waals surface area contributed by atoms with Crippen molar-refractivity contribution in [1.82, 2.24) is 19.4 Å². The second kappa shape index (κ2) is 9.14. The van der Waals surface area contributed by atoms with E-state index in [0.29, 0.717) is 10.8 Å². The second-order valence-electron chi connectivity index (χ2n) is 9.79. The lowest BCUT2D eigenvalue weighted by atomic mass is 9.75. The maximum absolute atomic E-state index is 6.75. The number of hydrogen-bond acceptors (Lipinski definition) is 8. The van der Waals surface area contributed by atoms with Gasteiger partial charge in [-0.1, -0.05) is 41.6 Å². The van der Waals surface area contributed by atoms with Crippen LogP contribution in [0.1, 0.15) is 18.5 Å². The maximum Gasteiger partial charge on any atom is 0.211 e. The quantitative estimate of drug-likeness (QED) is 0.411. The Morgan fingerprint density at radius 3 is 2.64 bits per heavy atom. The summed E-state index contributed by atoms with van der Waals surface area (Å²) in [4.78, 5) is 19.4. The van der Waals surface area contributed by atoms with Crippen LogP contribution in [0.25, 0.3) is 5.65 Å². The minimum absolute atomic E-state index is 0.128. The number of piperidine rings is 1. The van der Waals surface area contributed by atoms with Crippen LogP contribution in [-0.2, 0) is 0 Å². The Kier molecular flexibility index (Phi) is 5.94. The number of nitrogen functional groups attached to an aromatic ring is 1. The number of pyridine rings is 1. The van der Waals surface area contributed by atoms with Crippen LogP contribution < -0.4 is 21.3 Å². The SMILES string of the molecule is Cc1cc2nc(Sc3ccnc(N)c3Cl)cn2c(N2CCC3(CC2)CN(c2ccccc2)CC3N)n1. The van der Waals surface area contributed by atoms with Crippen LogP contribution in [0, 0.1) is 12.3 Å². The molecule has 5 heterocycles. The molecule has 1 unspecified atom stereocenters. The zero-order valence-corrected chi connectivity index (χ0v) is 21.7. The molecule has 2 aliphatic heterocycles. The molecule has 0 aliphatic carbocycles. The lowest BCUT2D eigenvalue weighted by Gasteiger charge is -2.42. The number of para-hydroxylation sites is 1. The summed E-state index contributed by atoms with van der Waals surface area (Å²) in [5.41, 5.74) is 15.8. The first-order valence-corrected chi connectivity index (χ1v) is 13.4. The molecule has 6 rings (SSSR count). The third-order valence-corrected chi connectivity index (χ3v) is 8.98. The van der Waals surface area contributed by atoms with E-state index >= 15 is 0 Å². The van der Waals surface area contributed by atoms with E-state index in [1.807, 2.05) is 25.3 Å². The molecule has 0 bridgehead atoms. The fourth-order valence-corrected chi connectivity index (χ4v) is 6.55. The monoisotopic (exact) mass is 520 g/mol. The predicted octanol–water partition coefficient (Wildman–Crippen LogP) is 4.25. The molecule has 0 saturated carbocycles. The lowest BCUT2D eigenvalue weighted by molar-refractivity contribution is 0.219. The summed E-state index contributed by atoms with van der Waals surface area (Å²) in [6, 6.07) is 14.6. The third kappa shape index (κ3) is 4.15. The molecule has 4 N–H and O–H groups in total. The van der Waals surface area contributed by atoms with Gasteiger partial charge in [0.05, 0.1) is 5.02 Å². The maximum atomic E-state index is 6.75. The van der Waals surface area contributed by atoms with Crippen LogP contribution in [0.5, 0.6) is 0 Å². The van der Waals surface area contributed by atoms with Gasteiger partial charge in [-0.05, 0) is 38.0 Å². The Hall–Kier alpha value is -3.01. The number of benzene rings is 1. The number of hydrogen-bond donors (Lipinski definition) is 2. The number of halogens is 1. The smallest absolute Gasteiger partial charge is 0.211 e. The molecular formula is C26H29ClN8S. The van der Waals surface area contributed by atoms with E-state index in [0.717, 1.165) is 66.2 Å². The van der Waals surface area contributed by atoms with E-state index in [-0.39, 0.29) is 11.5 Å². The van der Waals surface area contributed by atoms with Gasteiger partial charge in [-0.15, -0.1) is 0 Å². The van der Waals surface area contributed by atoms with E-state index in [1.54, 1.807) is 6.20 Å². The average Bonchev–Trinajstić information content (AvgIpc) is 3.43. The van der Waals surface area contributed by atoms with Gasteiger partial charge in [-0.3, -0.25) is 4.40 Å². The number of anilines is 3. The third-order valence-electron chi connectivity index (χ3n) is 7.51. The summed E-state index contributed by atoms with van der Waals surface area (Å²) >= 11 is 7.84. The highest BCUT2D eigenvalue weighted by Gasteiger charge is 2.46. The fourth-order valence-electron chi connectivity index (χ4n) is 5.48. The summed E-state index contributed by atoms with van der Waals surface area (Å²) in [5.74, 6) is 1.24. The molecule has 1 atom stereocenters.